The summed E-state index contributed by atoms with van der Waals surface area (Å²) < 4.78 is 15.3. The number of esters is 1. The van der Waals surface area contributed by atoms with Crippen molar-refractivity contribution >= 4 is 33.2 Å². The van der Waals surface area contributed by atoms with Crippen molar-refractivity contribution in [1.82, 2.24) is 4.98 Å². The second-order valence-electron chi connectivity index (χ2n) is 2.92. The van der Waals surface area contributed by atoms with E-state index in [4.69, 9.17) is 14.2 Å². The monoisotopic (exact) mass is 323 g/mol. The van der Waals surface area contributed by atoms with Crippen LogP contribution >= 0.6 is 27.3 Å². The highest BCUT2D eigenvalue weighted by Crippen LogP contribution is 2.18. The fourth-order valence-electron chi connectivity index (χ4n) is 0.989. The van der Waals surface area contributed by atoms with E-state index < -0.39 is 0 Å². The van der Waals surface area contributed by atoms with Gasteiger partial charge in [0.25, 0.3) is 0 Å². The summed E-state index contributed by atoms with van der Waals surface area (Å²) in [5.41, 5.74) is 0. The summed E-state index contributed by atoms with van der Waals surface area (Å²) in [6.45, 7) is 5.28. The topological polar surface area (TPSA) is 57.7 Å². The lowest BCUT2D eigenvalue weighted by atomic mass is 10.6. The Morgan fingerprint density at radius 3 is 2.41 bits per heavy atom. The molecule has 0 unspecified atom stereocenters. The number of nitrogens with zero attached hydrogens (tertiary/aromatic N) is 1. The highest BCUT2D eigenvalue weighted by atomic mass is 79.9. The molecule has 0 bridgehead atoms. The SMILES string of the molecule is C1COCCO1.CCOC(=O)c1cnc(Br)s1. The molecule has 0 radical (unpaired) electrons. The molecule has 2 heterocycles. The molecule has 0 aliphatic carbocycles. The average molecular weight is 324 g/mol. The van der Waals surface area contributed by atoms with Crippen LogP contribution in [-0.2, 0) is 14.2 Å². The number of thiazole rings is 1. The first-order valence-corrected chi connectivity index (χ1v) is 6.79. The van der Waals surface area contributed by atoms with E-state index >= 15 is 0 Å². The van der Waals surface area contributed by atoms with Gasteiger partial charge in [-0.2, -0.15) is 0 Å². The van der Waals surface area contributed by atoms with Gasteiger partial charge in [0, 0.05) is 0 Å². The predicted molar refractivity (Wildman–Crippen MR) is 67.4 cm³/mol. The molecule has 0 amide bonds. The number of hydrogen-bond donors (Lipinski definition) is 0. The van der Waals surface area contributed by atoms with E-state index in [1.54, 1.807) is 6.92 Å². The largest absolute Gasteiger partial charge is 0.462 e. The molecular weight excluding hydrogens is 310 g/mol. The number of halogens is 1. The third-order valence-electron chi connectivity index (χ3n) is 1.70. The maximum Gasteiger partial charge on any atom is 0.349 e. The van der Waals surface area contributed by atoms with Crippen LogP contribution in [0.3, 0.4) is 0 Å². The van der Waals surface area contributed by atoms with Crippen LogP contribution in [0.25, 0.3) is 0 Å². The van der Waals surface area contributed by atoms with E-state index in [-0.39, 0.29) is 5.97 Å². The highest BCUT2D eigenvalue weighted by Gasteiger charge is 2.09. The summed E-state index contributed by atoms with van der Waals surface area (Å²) in [4.78, 5) is 15.4. The van der Waals surface area contributed by atoms with Gasteiger partial charge < -0.3 is 14.2 Å². The van der Waals surface area contributed by atoms with Gasteiger partial charge in [-0.3, -0.25) is 0 Å². The smallest absolute Gasteiger partial charge is 0.349 e. The van der Waals surface area contributed by atoms with Gasteiger partial charge in [0.15, 0.2) is 3.92 Å². The molecule has 1 aliphatic rings. The second kappa shape index (κ2) is 8.57. The molecule has 0 N–H and O–H groups in total. The number of carbonyl (C=O) groups excluding carboxylic acids is 1. The van der Waals surface area contributed by atoms with Crippen molar-refractivity contribution in [3.8, 4) is 0 Å². The number of carbonyl (C=O) groups is 1. The van der Waals surface area contributed by atoms with E-state index in [0.717, 1.165) is 26.4 Å². The molecule has 0 aromatic carbocycles. The van der Waals surface area contributed by atoms with Crippen LogP contribution in [0.5, 0.6) is 0 Å². The third kappa shape index (κ3) is 6.11. The van der Waals surface area contributed by atoms with Crippen LogP contribution in [0.15, 0.2) is 10.1 Å². The number of ether oxygens (including phenoxy) is 3. The zero-order chi connectivity index (χ0) is 12.5. The van der Waals surface area contributed by atoms with Crippen molar-refractivity contribution < 1.29 is 19.0 Å². The van der Waals surface area contributed by atoms with Crippen molar-refractivity contribution in [2.45, 2.75) is 6.92 Å². The van der Waals surface area contributed by atoms with Gasteiger partial charge in [0.1, 0.15) is 4.88 Å². The summed E-state index contributed by atoms with van der Waals surface area (Å²) in [5.74, 6) is -0.310. The Hall–Kier alpha value is -0.500. The molecule has 0 saturated carbocycles. The normalized spacial score (nSPS) is 14.7. The van der Waals surface area contributed by atoms with Crippen LogP contribution in [0, 0.1) is 0 Å². The van der Waals surface area contributed by atoms with Crippen LogP contribution in [0.4, 0.5) is 0 Å². The molecule has 1 aromatic heterocycles. The fourth-order valence-corrected chi connectivity index (χ4v) is 2.15. The van der Waals surface area contributed by atoms with Crippen molar-refractivity contribution in [3.63, 3.8) is 0 Å². The van der Waals surface area contributed by atoms with E-state index in [1.807, 2.05) is 0 Å². The Bertz CT molecular complexity index is 329. The lowest BCUT2D eigenvalue weighted by Gasteiger charge is -2.09. The first kappa shape index (κ1) is 14.6. The van der Waals surface area contributed by atoms with Crippen molar-refractivity contribution in [1.29, 1.82) is 0 Å². The Labute approximate surface area is 112 Å². The first-order chi connectivity index (χ1) is 8.24. The molecular formula is C10H14BrNO4S. The minimum atomic E-state index is -0.310. The van der Waals surface area contributed by atoms with E-state index in [9.17, 15) is 4.79 Å². The molecule has 17 heavy (non-hydrogen) atoms. The maximum atomic E-state index is 11.0. The molecule has 1 saturated heterocycles. The predicted octanol–water partition coefficient (Wildman–Crippen LogP) is 2.12. The Morgan fingerprint density at radius 1 is 1.47 bits per heavy atom. The van der Waals surface area contributed by atoms with Gasteiger partial charge in [-0.25, -0.2) is 9.78 Å². The maximum absolute atomic E-state index is 11.0. The van der Waals surface area contributed by atoms with Gasteiger partial charge in [-0.05, 0) is 22.9 Å². The van der Waals surface area contributed by atoms with Gasteiger partial charge >= 0.3 is 5.97 Å². The van der Waals surface area contributed by atoms with Gasteiger partial charge in [0.05, 0.1) is 39.2 Å². The Kier molecular flexibility index (Phi) is 7.34. The molecule has 1 aliphatic heterocycles. The molecule has 2 rings (SSSR count). The molecule has 0 atom stereocenters. The summed E-state index contributed by atoms with van der Waals surface area (Å²) in [6.07, 6.45) is 1.49. The number of hydrogen-bond acceptors (Lipinski definition) is 6. The number of rotatable bonds is 2. The lowest BCUT2D eigenvalue weighted by molar-refractivity contribution is -0.0334. The van der Waals surface area contributed by atoms with Crippen LogP contribution < -0.4 is 0 Å². The summed E-state index contributed by atoms with van der Waals surface area (Å²) in [5, 5.41) is 0. The molecule has 1 fully saturated rings. The third-order valence-corrected chi connectivity index (χ3v) is 3.15. The summed E-state index contributed by atoms with van der Waals surface area (Å²) in [7, 11) is 0. The minimum absolute atomic E-state index is 0.310. The Balaban J connectivity index is 0.000000202. The zero-order valence-electron chi connectivity index (χ0n) is 9.48. The van der Waals surface area contributed by atoms with Gasteiger partial charge in [-0.1, -0.05) is 0 Å². The van der Waals surface area contributed by atoms with Crippen LogP contribution in [-0.4, -0.2) is 44.0 Å². The molecule has 7 heteroatoms. The molecule has 1 aromatic rings. The summed E-state index contributed by atoms with van der Waals surface area (Å²) in [6, 6.07) is 0. The molecule has 5 nitrogen and oxygen atoms in total. The zero-order valence-corrected chi connectivity index (χ0v) is 11.9. The van der Waals surface area contributed by atoms with E-state index in [1.165, 1.54) is 17.5 Å². The Morgan fingerprint density at radius 2 is 2.06 bits per heavy atom. The second-order valence-corrected chi connectivity index (χ2v) is 5.23. The van der Waals surface area contributed by atoms with Crippen LogP contribution in [0.1, 0.15) is 16.6 Å². The van der Waals surface area contributed by atoms with Gasteiger partial charge in [0.2, 0.25) is 0 Å². The van der Waals surface area contributed by atoms with E-state index in [0.29, 0.717) is 15.4 Å². The van der Waals surface area contributed by atoms with Gasteiger partial charge in [-0.15, -0.1) is 11.3 Å². The van der Waals surface area contributed by atoms with Crippen molar-refractivity contribution in [2.24, 2.45) is 0 Å². The molecule has 0 spiro atoms. The number of aromatic nitrogens is 1. The fraction of sp³-hybridized carbons (Fsp3) is 0.600. The average Bonchev–Trinajstić information content (AvgIpc) is 2.79. The lowest BCUT2D eigenvalue weighted by Crippen LogP contribution is -2.16. The minimum Gasteiger partial charge on any atom is -0.462 e. The summed E-state index contributed by atoms with van der Waals surface area (Å²) >= 11 is 4.42. The quantitative estimate of drug-likeness (QED) is 0.780. The van der Waals surface area contributed by atoms with Crippen LogP contribution in [0.2, 0.25) is 0 Å². The van der Waals surface area contributed by atoms with Crippen molar-refractivity contribution in [2.75, 3.05) is 33.0 Å². The first-order valence-electron chi connectivity index (χ1n) is 5.18. The highest BCUT2D eigenvalue weighted by molar-refractivity contribution is 9.11. The van der Waals surface area contributed by atoms with Crippen molar-refractivity contribution in [3.05, 3.63) is 15.0 Å². The molecule has 96 valence electrons. The standard InChI is InChI=1S/C6H6BrNO2S.C4H8O2/c1-2-10-5(9)4-3-8-6(7)11-4;1-2-6-4-3-5-1/h3H,2H2,1H3;1-4H2. The van der Waals surface area contributed by atoms with E-state index in [2.05, 4.69) is 20.9 Å².